The third-order valence-corrected chi connectivity index (χ3v) is 5.10. The van der Waals surface area contributed by atoms with Crippen molar-refractivity contribution in [1.82, 2.24) is 0 Å². The van der Waals surface area contributed by atoms with Crippen molar-refractivity contribution in [1.29, 1.82) is 0 Å². The Morgan fingerprint density at radius 1 is 0.425 bits per heavy atom. The molecule has 0 saturated carbocycles. The van der Waals surface area contributed by atoms with E-state index in [0.717, 1.165) is 11.1 Å². The summed E-state index contributed by atoms with van der Waals surface area (Å²) < 4.78 is 34.2. The minimum Gasteiger partial charge on any atom is -0.489 e. The van der Waals surface area contributed by atoms with E-state index in [9.17, 15) is 5.11 Å². The third kappa shape index (κ3) is 9.51. The molecule has 0 saturated heterocycles. The first-order valence-corrected chi connectivity index (χ1v) is 12.1. The zero-order valence-electron chi connectivity index (χ0n) is 21.9. The van der Waals surface area contributed by atoms with Crippen molar-refractivity contribution in [2.24, 2.45) is 0 Å². The predicted molar refractivity (Wildman–Crippen MR) is 151 cm³/mol. The third-order valence-electron chi connectivity index (χ3n) is 5.10. The van der Waals surface area contributed by atoms with Crippen LogP contribution >= 0.6 is 0 Å². The molecule has 3 rings (SSSR count). The molecule has 0 aliphatic carbocycles. The monoisotopic (exact) mass is 536 g/mol. The highest BCUT2D eigenvalue weighted by molar-refractivity contribution is 5.42. The van der Waals surface area contributed by atoms with Gasteiger partial charge in [-0.3, -0.25) is 0 Å². The average Bonchev–Trinajstić information content (AvgIpc) is 2.98. The second-order valence-electron chi connectivity index (χ2n) is 8.14. The van der Waals surface area contributed by atoms with Gasteiger partial charge < -0.3 is 33.5 Å². The van der Waals surface area contributed by atoms with Crippen LogP contribution in [0.25, 0.3) is 0 Å². The average molecular weight is 537 g/mol. The maximum atomic E-state index is 9.79. The van der Waals surface area contributed by atoms with Gasteiger partial charge in [-0.15, -0.1) is 25.7 Å². The summed E-state index contributed by atoms with van der Waals surface area (Å²) in [5.74, 6) is 12.8. The molecule has 1 N–H and O–H groups in total. The lowest BCUT2D eigenvalue weighted by Crippen LogP contribution is -2.03. The number of ether oxygens (including phenoxy) is 6. The van der Waals surface area contributed by atoms with Gasteiger partial charge in [0.05, 0.1) is 6.61 Å². The van der Waals surface area contributed by atoms with Gasteiger partial charge in [0, 0.05) is 18.2 Å². The molecule has 0 unspecified atom stereocenters. The van der Waals surface area contributed by atoms with Crippen LogP contribution in [0.2, 0.25) is 0 Å². The normalized spacial score (nSPS) is 9.72. The van der Waals surface area contributed by atoms with E-state index in [1.807, 2.05) is 0 Å². The number of benzene rings is 3. The van der Waals surface area contributed by atoms with Gasteiger partial charge >= 0.3 is 0 Å². The highest BCUT2D eigenvalue weighted by Crippen LogP contribution is 2.29. The molecule has 0 fully saturated rings. The van der Waals surface area contributed by atoms with E-state index in [1.165, 1.54) is 0 Å². The second-order valence-corrected chi connectivity index (χ2v) is 8.14. The van der Waals surface area contributed by atoms with E-state index in [0.29, 0.717) is 40.1 Å². The van der Waals surface area contributed by atoms with Gasteiger partial charge in [-0.2, -0.15) is 0 Å². The zero-order valence-corrected chi connectivity index (χ0v) is 21.9. The predicted octanol–water partition coefficient (Wildman–Crippen LogP) is 4.38. The van der Waals surface area contributed by atoms with E-state index in [-0.39, 0.29) is 46.2 Å². The van der Waals surface area contributed by atoms with Crippen LogP contribution in [-0.2, 0) is 19.8 Å². The van der Waals surface area contributed by atoms with Gasteiger partial charge in [0.25, 0.3) is 0 Å². The van der Waals surface area contributed by atoms with Crippen LogP contribution < -0.4 is 28.4 Å². The summed E-state index contributed by atoms with van der Waals surface area (Å²) in [6.07, 6.45) is 21.2. The van der Waals surface area contributed by atoms with Crippen LogP contribution in [0.3, 0.4) is 0 Å². The SMILES string of the molecule is C#CCOc1cc(COc2cc(CO)cc(OCc3cc(OCC#C)cc(OCC#C)c3)c2)cc(OCC#C)c1. The summed E-state index contributed by atoms with van der Waals surface area (Å²) in [4.78, 5) is 0. The summed E-state index contributed by atoms with van der Waals surface area (Å²) >= 11 is 0. The van der Waals surface area contributed by atoms with E-state index in [2.05, 4.69) is 23.7 Å². The van der Waals surface area contributed by atoms with Crippen molar-refractivity contribution in [3.8, 4) is 83.9 Å². The van der Waals surface area contributed by atoms with Crippen molar-refractivity contribution >= 4 is 0 Å². The van der Waals surface area contributed by atoms with Gasteiger partial charge in [-0.25, -0.2) is 0 Å². The highest BCUT2D eigenvalue weighted by Gasteiger charge is 2.09. The Morgan fingerprint density at radius 3 is 0.975 bits per heavy atom. The first-order chi connectivity index (χ1) is 19.6. The maximum Gasteiger partial charge on any atom is 0.148 e. The summed E-state index contributed by atoms with van der Waals surface area (Å²) in [5.41, 5.74) is 2.14. The van der Waals surface area contributed by atoms with Gasteiger partial charge in [-0.1, -0.05) is 23.7 Å². The zero-order chi connectivity index (χ0) is 28.6. The van der Waals surface area contributed by atoms with Crippen LogP contribution in [0.15, 0.2) is 54.6 Å². The molecular weight excluding hydrogens is 508 g/mol. The molecule has 0 aliphatic heterocycles. The Morgan fingerprint density at radius 2 is 0.700 bits per heavy atom. The minimum absolute atomic E-state index is 0.106. The maximum absolute atomic E-state index is 9.79. The topological polar surface area (TPSA) is 75.6 Å². The summed E-state index contributed by atoms with van der Waals surface area (Å²) in [6, 6.07) is 15.7. The van der Waals surface area contributed by atoms with Crippen LogP contribution in [0.5, 0.6) is 34.5 Å². The Hall–Kier alpha value is -5.34. The molecule has 7 nitrogen and oxygen atoms in total. The number of hydrogen-bond acceptors (Lipinski definition) is 7. The highest BCUT2D eigenvalue weighted by atomic mass is 16.5. The van der Waals surface area contributed by atoms with Crippen molar-refractivity contribution in [2.75, 3.05) is 26.4 Å². The fourth-order valence-corrected chi connectivity index (χ4v) is 3.48. The molecule has 40 heavy (non-hydrogen) atoms. The van der Waals surface area contributed by atoms with Crippen LogP contribution in [0, 0.1) is 49.4 Å². The lowest BCUT2D eigenvalue weighted by Gasteiger charge is -2.14. The molecule has 0 aromatic heterocycles. The fraction of sp³-hybridized carbons (Fsp3) is 0.212. The van der Waals surface area contributed by atoms with E-state index in [4.69, 9.17) is 54.1 Å². The largest absolute Gasteiger partial charge is 0.489 e. The molecule has 0 amide bonds. The summed E-state index contributed by atoms with van der Waals surface area (Å²) in [5, 5.41) is 9.79. The molecule has 0 bridgehead atoms. The summed E-state index contributed by atoms with van der Waals surface area (Å²) in [6.45, 7) is 0.579. The van der Waals surface area contributed by atoms with Gasteiger partial charge in [-0.05, 0) is 53.1 Å². The fourth-order valence-electron chi connectivity index (χ4n) is 3.48. The molecule has 7 heteroatoms. The number of rotatable bonds is 15. The number of hydrogen-bond donors (Lipinski definition) is 1. The molecule has 3 aromatic carbocycles. The van der Waals surface area contributed by atoms with Crippen LogP contribution in [0.1, 0.15) is 16.7 Å². The van der Waals surface area contributed by atoms with Gasteiger partial charge in [0.2, 0.25) is 0 Å². The molecule has 3 aromatic rings. The number of aliphatic hydroxyl groups excluding tert-OH is 1. The Kier molecular flexibility index (Phi) is 11.5. The smallest absolute Gasteiger partial charge is 0.148 e. The summed E-state index contributed by atoms with van der Waals surface area (Å²) in [7, 11) is 0. The molecule has 0 atom stereocenters. The lowest BCUT2D eigenvalue weighted by molar-refractivity contribution is 0.270. The van der Waals surface area contributed by atoms with E-state index < -0.39 is 0 Å². The minimum atomic E-state index is -0.202. The van der Waals surface area contributed by atoms with E-state index in [1.54, 1.807) is 54.6 Å². The first-order valence-electron chi connectivity index (χ1n) is 12.1. The Balaban J connectivity index is 1.75. The van der Waals surface area contributed by atoms with Gasteiger partial charge in [0.1, 0.15) is 74.1 Å². The van der Waals surface area contributed by atoms with Crippen LogP contribution in [-0.4, -0.2) is 31.5 Å². The number of aliphatic hydroxyl groups is 1. The first kappa shape index (κ1) is 29.2. The van der Waals surface area contributed by atoms with Crippen molar-refractivity contribution < 1.29 is 33.5 Å². The quantitative estimate of drug-likeness (QED) is 0.289. The van der Waals surface area contributed by atoms with Crippen LogP contribution in [0.4, 0.5) is 0 Å². The molecule has 202 valence electrons. The molecular formula is C33H28O7. The van der Waals surface area contributed by atoms with E-state index >= 15 is 0 Å². The van der Waals surface area contributed by atoms with Crippen molar-refractivity contribution in [2.45, 2.75) is 19.8 Å². The standard InChI is InChI=1S/C33H28O7/c1-5-9-35-28-15-26(16-29(19-28)36-10-6-2)23-39-32-13-25(22-34)14-33(21-32)40-24-27-17-30(37-11-7-3)20-31(18-27)38-12-8-4/h1-4,13-21,34H,9-12,22-24H2. The van der Waals surface area contributed by atoms with Gasteiger partial charge in [0.15, 0.2) is 0 Å². The lowest BCUT2D eigenvalue weighted by atomic mass is 10.2. The second kappa shape index (κ2) is 15.8. The Labute approximate surface area is 234 Å². The molecule has 0 aliphatic rings. The molecule has 0 radical (unpaired) electrons. The van der Waals surface area contributed by atoms with Crippen molar-refractivity contribution in [3.05, 3.63) is 71.3 Å². The number of terminal acetylenes is 4. The molecule has 0 spiro atoms. The van der Waals surface area contributed by atoms with Crippen molar-refractivity contribution in [3.63, 3.8) is 0 Å². The Bertz CT molecular complexity index is 1270. The molecule has 0 heterocycles.